The number of hydrogen-bond donors (Lipinski definition) is 2. The Morgan fingerprint density at radius 1 is 1.06 bits per heavy atom. The minimum atomic E-state index is -3.80. The molecule has 0 atom stereocenters. The molecule has 166 valence electrons. The highest BCUT2D eigenvalue weighted by molar-refractivity contribution is 7.92. The smallest absolute Gasteiger partial charge is 0.262 e. The minimum Gasteiger partial charge on any atom is -0.326 e. The SMILES string of the molecule is CCCCN1C(=O)CCc2cc(NS(=O)(=O)c3ccc(NC(=O)CC)cc3C)ccc21. The first kappa shape index (κ1) is 22.8. The van der Waals surface area contributed by atoms with Gasteiger partial charge in [-0.3, -0.25) is 14.3 Å². The summed E-state index contributed by atoms with van der Waals surface area (Å²) in [5, 5.41) is 2.73. The summed E-state index contributed by atoms with van der Waals surface area (Å²) in [4.78, 5) is 25.8. The highest BCUT2D eigenvalue weighted by Gasteiger charge is 2.25. The number of fused-ring (bicyclic) bond motifs is 1. The molecule has 0 saturated carbocycles. The molecule has 1 aliphatic heterocycles. The van der Waals surface area contributed by atoms with Crippen molar-refractivity contribution in [1.82, 2.24) is 0 Å². The van der Waals surface area contributed by atoms with E-state index < -0.39 is 10.0 Å². The Balaban J connectivity index is 1.82. The molecular formula is C23H29N3O4S. The van der Waals surface area contributed by atoms with E-state index in [0.717, 1.165) is 24.1 Å². The van der Waals surface area contributed by atoms with Gasteiger partial charge >= 0.3 is 0 Å². The molecular weight excluding hydrogens is 414 g/mol. The third-order valence-corrected chi connectivity index (χ3v) is 6.88. The van der Waals surface area contributed by atoms with E-state index in [1.54, 1.807) is 36.9 Å². The van der Waals surface area contributed by atoms with Crippen molar-refractivity contribution < 1.29 is 18.0 Å². The van der Waals surface area contributed by atoms with Crippen molar-refractivity contribution in [2.75, 3.05) is 21.5 Å². The van der Waals surface area contributed by atoms with Crippen LogP contribution in [-0.2, 0) is 26.0 Å². The highest BCUT2D eigenvalue weighted by Crippen LogP contribution is 2.32. The molecule has 2 N–H and O–H groups in total. The molecule has 2 aromatic rings. The molecule has 0 aliphatic carbocycles. The average molecular weight is 444 g/mol. The van der Waals surface area contributed by atoms with Crippen molar-refractivity contribution in [2.24, 2.45) is 0 Å². The summed E-state index contributed by atoms with van der Waals surface area (Å²) in [6.45, 7) is 6.20. The summed E-state index contributed by atoms with van der Waals surface area (Å²) in [7, 11) is -3.80. The number of hydrogen-bond acceptors (Lipinski definition) is 4. The Hall–Kier alpha value is -2.87. The normalized spacial score (nSPS) is 13.6. The van der Waals surface area contributed by atoms with Gasteiger partial charge in [-0.2, -0.15) is 0 Å². The Morgan fingerprint density at radius 2 is 1.81 bits per heavy atom. The summed E-state index contributed by atoms with van der Waals surface area (Å²) >= 11 is 0. The molecule has 2 aromatic carbocycles. The second kappa shape index (κ2) is 9.51. The van der Waals surface area contributed by atoms with E-state index in [2.05, 4.69) is 17.0 Å². The molecule has 31 heavy (non-hydrogen) atoms. The van der Waals surface area contributed by atoms with Crippen molar-refractivity contribution >= 4 is 38.9 Å². The quantitative estimate of drug-likeness (QED) is 0.638. The number of nitrogens with zero attached hydrogens (tertiary/aromatic N) is 1. The third-order valence-electron chi connectivity index (χ3n) is 5.34. The number of aryl methyl sites for hydroxylation is 2. The topological polar surface area (TPSA) is 95.6 Å². The maximum Gasteiger partial charge on any atom is 0.262 e. The number of sulfonamides is 1. The molecule has 2 amide bonds. The van der Waals surface area contributed by atoms with Crippen LogP contribution in [0.5, 0.6) is 0 Å². The van der Waals surface area contributed by atoms with Crippen molar-refractivity contribution in [2.45, 2.75) is 57.8 Å². The second-order valence-corrected chi connectivity index (χ2v) is 9.38. The molecule has 0 fully saturated rings. The largest absolute Gasteiger partial charge is 0.326 e. The van der Waals surface area contributed by atoms with Gasteiger partial charge in [0.25, 0.3) is 10.0 Å². The third kappa shape index (κ3) is 5.25. The van der Waals surface area contributed by atoms with Crippen LogP contribution in [0.25, 0.3) is 0 Å². The number of amides is 2. The van der Waals surface area contributed by atoms with Crippen LogP contribution in [-0.4, -0.2) is 26.8 Å². The number of carbonyl (C=O) groups is 2. The summed E-state index contributed by atoms with van der Waals surface area (Å²) in [6.07, 6.45) is 3.29. The Bertz CT molecular complexity index is 1100. The fourth-order valence-electron chi connectivity index (χ4n) is 3.67. The summed E-state index contributed by atoms with van der Waals surface area (Å²) < 4.78 is 28.6. The lowest BCUT2D eigenvalue weighted by molar-refractivity contribution is -0.119. The summed E-state index contributed by atoms with van der Waals surface area (Å²) in [6, 6.07) is 10.0. The molecule has 8 heteroatoms. The van der Waals surface area contributed by atoms with Gasteiger partial charge in [0.15, 0.2) is 0 Å². The number of rotatable bonds is 8. The van der Waals surface area contributed by atoms with Gasteiger partial charge in [0.05, 0.1) is 4.90 Å². The zero-order valence-corrected chi connectivity index (χ0v) is 19.0. The molecule has 0 unspecified atom stereocenters. The van der Waals surface area contributed by atoms with Crippen LogP contribution in [0, 0.1) is 6.92 Å². The lowest BCUT2D eigenvalue weighted by Gasteiger charge is -2.30. The summed E-state index contributed by atoms with van der Waals surface area (Å²) in [5.74, 6) is -0.0196. The molecule has 0 radical (unpaired) electrons. The standard InChI is InChI=1S/C23H29N3O4S/c1-4-6-13-26-20-10-8-19(15-17(20)7-12-23(26)28)25-31(29,30)21-11-9-18(14-16(21)3)24-22(27)5-2/h8-11,14-15,25H,4-7,12-13H2,1-3H3,(H,24,27). The monoisotopic (exact) mass is 443 g/mol. The van der Waals surface area contributed by atoms with Crippen LogP contribution in [0.1, 0.15) is 50.7 Å². The van der Waals surface area contributed by atoms with Crippen molar-refractivity contribution in [3.05, 3.63) is 47.5 Å². The van der Waals surface area contributed by atoms with Gasteiger partial charge in [0.2, 0.25) is 11.8 Å². The first-order valence-electron chi connectivity index (χ1n) is 10.6. The predicted octanol–water partition coefficient (Wildman–Crippen LogP) is 4.22. The van der Waals surface area contributed by atoms with Crippen LogP contribution < -0.4 is 14.9 Å². The Morgan fingerprint density at radius 3 is 2.48 bits per heavy atom. The molecule has 1 heterocycles. The molecule has 0 spiro atoms. The van der Waals surface area contributed by atoms with Crippen LogP contribution in [0.4, 0.5) is 17.1 Å². The van der Waals surface area contributed by atoms with Gasteiger partial charge < -0.3 is 10.2 Å². The molecule has 3 rings (SSSR count). The van der Waals surface area contributed by atoms with Gasteiger partial charge in [0.1, 0.15) is 0 Å². The minimum absolute atomic E-state index is 0.111. The fraction of sp³-hybridized carbons (Fsp3) is 0.391. The number of benzene rings is 2. The van der Waals surface area contributed by atoms with Crippen LogP contribution >= 0.6 is 0 Å². The van der Waals surface area contributed by atoms with Crippen LogP contribution in [0.3, 0.4) is 0 Å². The van der Waals surface area contributed by atoms with Crippen LogP contribution in [0.2, 0.25) is 0 Å². The number of nitrogens with one attached hydrogen (secondary N) is 2. The maximum absolute atomic E-state index is 13.0. The lowest BCUT2D eigenvalue weighted by atomic mass is 10.00. The second-order valence-electron chi connectivity index (χ2n) is 7.73. The van der Waals surface area contributed by atoms with Crippen molar-refractivity contribution in [3.63, 3.8) is 0 Å². The first-order valence-corrected chi connectivity index (χ1v) is 12.1. The maximum atomic E-state index is 13.0. The molecule has 0 saturated heterocycles. The van der Waals surface area contributed by atoms with Gasteiger partial charge in [0, 0.05) is 36.4 Å². The summed E-state index contributed by atoms with van der Waals surface area (Å²) in [5.41, 5.74) is 3.39. The van der Waals surface area contributed by atoms with E-state index >= 15 is 0 Å². The molecule has 0 bridgehead atoms. The fourth-order valence-corrected chi connectivity index (χ4v) is 4.95. The van der Waals surface area contributed by atoms with E-state index in [9.17, 15) is 18.0 Å². The molecule has 0 aromatic heterocycles. The zero-order valence-electron chi connectivity index (χ0n) is 18.2. The van der Waals surface area contributed by atoms with Gasteiger partial charge in [-0.15, -0.1) is 0 Å². The van der Waals surface area contributed by atoms with Gasteiger partial charge in [-0.05, 0) is 67.3 Å². The van der Waals surface area contributed by atoms with E-state index in [1.165, 1.54) is 6.07 Å². The lowest BCUT2D eigenvalue weighted by Crippen LogP contribution is -2.35. The Labute approximate surface area is 183 Å². The highest BCUT2D eigenvalue weighted by atomic mass is 32.2. The zero-order chi connectivity index (χ0) is 22.6. The number of carbonyl (C=O) groups excluding carboxylic acids is 2. The van der Waals surface area contributed by atoms with Gasteiger partial charge in [-0.25, -0.2) is 8.42 Å². The van der Waals surface area contributed by atoms with E-state index in [-0.39, 0.29) is 16.7 Å². The van der Waals surface area contributed by atoms with E-state index in [4.69, 9.17) is 0 Å². The molecule has 1 aliphatic rings. The van der Waals surface area contributed by atoms with Crippen molar-refractivity contribution in [3.8, 4) is 0 Å². The van der Waals surface area contributed by atoms with Crippen molar-refractivity contribution in [1.29, 1.82) is 0 Å². The van der Waals surface area contributed by atoms with Crippen LogP contribution in [0.15, 0.2) is 41.3 Å². The number of unbranched alkanes of at least 4 members (excludes halogenated alkanes) is 1. The van der Waals surface area contributed by atoms with E-state index in [0.29, 0.717) is 42.7 Å². The number of anilines is 3. The molecule has 7 nitrogen and oxygen atoms in total. The first-order chi connectivity index (χ1) is 14.7. The van der Waals surface area contributed by atoms with E-state index in [1.807, 2.05) is 12.1 Å². The van der Waals surface area contributed by atoms with Gasteiger partial charge in [-0.1, -0.05) is 20.3 Å². The predicted molar refractivity (Wildman–Crippen MR) is 123 cm³/mol. The Kier molecular flexibility index (Phi) is 7.00. The average Bonchev–Trinajstić information content (AvgIpc) is 2.72.